The Kier molecular flexibility index (Phi) is 4.94. The molecule has 1 atom stereocenters. The number of methoxy groups -OCH3 is 1. The van der Waals surface area contributed by atoms with Crippen molar-refractivity contribution in [3.63, 3.8) is 0 Å². The molecule has 0 heterocycles. The average Bonchev–Trinajstić information content (AvgIpc) is 2.47. The maximum Gasteiger partial charge on any atom is 0.244 e. The Labute approximate surface area is 132 Å². The van der Waals surface area contributed by atoms with E-state index in [-0.39, 0.29) is 0 Å². The Morgan fingerprint density at radius 3 is 2.67 bits per heavy atom. The number of nitrogens with two attached hydrogens (primary N) is 1. The van der Waals surface area contributed by atoms with Crippen molar-refractivity contribution in [3.8, 4) is 5.75 Å². The molecule has 1 unspecified atom stereocenters. The van der Waals surface area contributed by atoms with Gasteiger partial charge in [-0.25, -0.2) is 0 Å². The molecule has 0 fully saturated rings. The lowest BCUT2D eigenvalue weighted by Gasteiger charge is -2.19. The van der Waals surface area contributed by atoms with Gasteiger partial charge < -0.3 is 15.8 Å². The van der Waals surface area contributed by atoms with Crippen molar-refractivity contribution in [2.24, 2.45) is 5.73 Å². The molecule has 6 heteroatoms. The summed E-state index contributed by atoms with van der Waals surface area (Å²) in [4.78, 5) is 11.7. The highest BCUT2D eigenvalue weighted by molar-refractivity contribution is 6.33. The number of amides is 1. The molecule has 0 aliphatic carbocycles. The van der Waals surface area contributed by atoms with E-state index in [0.717, 1.165) is 0 Å². The molecule has 110 valence electrons. The molecule has 4 nitrogen and oxygen atoms in total. The molecule has 2 aromatic carbocycles. The maximum absolute atomic E-state index is 11.7. The summed E-state index contributed by atoms with van der Waals surface area (Å²) in [5.74, 6) is 0.113. The zero-order valence-electron chi connectivity index (χ0n) is 11.3. The van der Waals surface area contributed by atoms with Gasteiger partial charge in [0.1, 0.15) is 11.8 Å². The van der Waals surface area contributed by atoms with Crippen LogP contribution < -0.4 is 15.8 Å². The van der Waals surface area contributed by atoms with Crippen molar-refractivity contribution in [2.75, 3.05) is 12.4 Å². The second-order valence-electron chi connectivity index (χ2n) is 4.38. The summed E-state index contributed by atoms with van der Waals surface area (Å²) >= 11 is 12.1. The molecule has 3 N–H and O–H groups in total. The van der Waals surface area contributed by atoms with Gasteiger partial charge in [-0.15, -0.1) is 0 Å². The van der Waals surface area contributed by atoms with Crippen LogP contribution in [0.5, 0.6) is 5.75 Å². The minimum Gasteiger partial charge on any atom is -0.497 e. The number of rotatable bonds is 5. The lowest BCUT2D eigenvalue weighted by Crippen LogP contribution is -2.28. The van der Waals surface area contributed by atoms with Crippen molar-refractivity contribution in [3.05, 3.63) is 58.1 Å². The SMILES string of the molecule is COc1cccc(NC(C(N)=O)c2cc(Cl)ccc2Cl)c1. The van der Waals surface area contributed by atoms with E-state index in [9.17, 15) is 4.79 Å². The van der Waals surface area contributed by atoms with Crippen molar-refractivity contribution in [1.29, 1.82) is 0 Å². The Bertz CT molecular complexity index is 662. The minimum absolute atomic E-state index is 0.415. The topological polar surface area (TPSA) is 64.3 Å². The number of anilines is 1. The number of ether oxygens (including phenoxy) is 1. The van der Waals surface area contributed by atoms with Crippen molar-refractivity contribution in [1.82, 2.24) is 0 Å². The first kappa shape index (κ1) is 15.5. The van der Waals surface area contributed by atoms with Crippen LogP contribution in [0.25, 0.3) is 0 Å². The number of benzene rings is 2. The minimum atomic E-state index is -0.789. The van der Waals surface area contributed by atoms with E-state index in [1.54, 1.807) is 49.6 Å². The van der Waals surface area contributed by atoms with Crippen molar-refractivity contribution < 1.29 is 9.53 Å². The van der Waals surface area contributed by atoms with Crippen LogP contribution in [-0.2, 0) is 4.79 Å². The largest absolute Gasteiger partial charge is 0.497 e. The molecule has 0 bridgehead atoms. The fourth-order valence-corrected chi connectivity index (χ4v) is 2.32. The number of carbonyl (C=O) groups is 1. The summed E-state index contributed by atoms with van der Waals surface area (Å²) in [5.41, 5.74) is 6.69. The van der Waals surface area contributed by atoms with Gasteiger partial charge >= 0.3 is 0 Å². The summed E-state index contributed by atoms with van der Waals surface area (Å²) in [6.45, 7) is 0. The molecule has 21 heavy (non-hydrogen) atoms. The summed E-state index contributed by atoms with van der Waals surface area (Å²) < 4.78 is 5.14. The third kappa shape index (κ3) is 3.80. The van der Waals surface area contributed by atoms with Gasteiger partial charge in [0.25, 0.3) is 0 Å². The third-order valence-electron chi connectivity index (χ3n) is 2.93. The number of halogens is 2. The van der Waals surface area contributed by atoms with Crippen molar-refractivity contribution in [2.45, 2.75) is 6.04 Å². The second kappa shape index (κ2) is 6.70. The summed E-state index contributed by atoms with van der Waals surface area (Å²) in [7, 11) is 1.57. The summed E-state index contributed by atoms with van der Waals surface area (Å²) in [5, 5.41) is 3.93. The number of nitrogens with one attached hydrogen (secondary N) is 1. The smallest absolute Gasteiger partial charge is 0.244 e. The van der Waals surface area contributed by atoms with Crippen LogP contribution in [0.2, 0.25) is 10.0 Å². The van der Waals surface area contributed by atoms with Gasteiger partial charge in [-0.05, 0) is 30.3 Å². The molecule has 0 spiro atoms. The number of hydrogen-bond acceptors (Lipinski definition) is 3. The Hall–Kier alpha value is -1.91. The molecule has 0 radical (unpaired) electrons. The Balaban J connectivity index is 2.35. The normalized spacial score (nSPS) is 11.8. The van der Waals surface area contributed by atoms with Crippen LogP contribution >= 0.6 is 23.2 Å². The van der Waals surface area contributed by atoms with Crippen LogP contribution in [0.4, 0.5) is 5.69 Å². The number of carbonyl (C=O) groups excluding carboxylic acids is 1. The van der Waals surface area contributed by atoms with Crippen LogP contribution in [-0.4, -0.2) is 13.0 Å². The predicted octanol–water partition coefficient (Wildman–Crippen LogP) is 3.64. The highest BCUT2D eigenvalue weighted by Crippen LogP contribution is 2.29. The lowest BCUT2D eigenvalue weighted by molar-refractivity contribution is -0.118. The maximum atomic E-state index is 11.7. The first-order valence-corrected chi connectivity index (χ1v) is 6.91. The molecule has 0 aromatic heterocycles. The van der Waals surface area contributed by atoms with Crippen LogP contribution in [0.15, 0.2) is 42.5 Å². The zero-order chi connectivity index (χ0) is 15.4. The van der Waals surface area contributed by atoms with Crippen LogP contribution in [0.1, 0.15) is 11.6 Å². The van der Waals surface area contributed by atoms with E-state index >= 15 is 0 Å². The number of primary amides is 1. The molecule has 0 saturated heterocycles. The summed E-state index contributed by atoms with van der Waals surface area (Å²) in [6, 6.07) is 11.3. The van der Waals surface area contributed by atoms with Gasteiger partial charge in [-0.3, -0.25) is 4.79 Å². The monoisotopic (exact) mass is 324 g/mol. The molecule has 0 aliphatic heterocycles. The number of hydrogen-bond donors (Lipinski definition) is 2. The molecule has 0 saturated carbocycles. The average molecular weight is 325 g/mol. The third-order valence-corrected chi connectivity index (χ3v) is 3.51. The molecule has 2 rings (SSSR count). The highest BCUT2D eigenvalue weighted by atomic mass is 35.5. The lowest BCUT2D eigenvalue weighted by atomic mass is 10.1. The van der Waals surface area contributed by atoms with Crippen LogP contribution in [0.3, 0.4) is 0 Å². The standard InChI is InChI=1S/C15H14Cl2N2O2/c1-21-11-4-2-3-10(8-11)19-14(15(18)20)12-7-9(16)5-6-13(12)17/h2-8,14,19H,1H3,(H2,18,20). The molecular weight excluding hydrogens is 311 g/mol. The fraction of sp³-hybridized carbons (Fsp3) is 0.133. The molecule has 0 aliphatic rings. The van der Waals surface area contributed by atoms with Gasteiger partial charge in [-0.2, -0.15) is 0 Å². The van der Waals surface area contributed by atoms with Gasteiger partial charge in [0.2, 0.25) is 5.91 Å². The Morgan fingerprint density at radius 1 is 1.24 bits per heavy atom. The fourth-order valence-electron chi connectivity index (χ4n) is 1.92. The quantitative estimate of drug-likeness (QED) is 0.882. The van der Waals surface area contributed by atoms with E-state index < -0.39 is 11.9 Å². The van der Waals surface area contributed by atoms with Gasteiger partial charge in [0, 0.05) is 27.4 Å². The van der Waals surface area contributed by atoms with Crippen LogP contribution in [0, 0.1) is 0 Å². The van der Waals surface area contributed by atoms with E-state index in [0.29, 0.717) is 27.0 Å². The second-order valence-corrected chi connectivity index (χ2v) is 5.22. The van der Waals surface area contributed by atoms with Gasteiger partial charge in [0.15, 0.2) is 0 Å². The summed E-state index contributed by atoms with van der Waals surface area (Å²) in [6.07, 6.45) is 0. The Morgan fingerprint density at radius 2 is 2.00 bits per heavy atom. The van der Waals surface area contributed by atoms with Gasteiger partial charge in [-0.1, -0.05) is 29.3 Å². The van der Waals surface area contributed by atoms with E-state index in [2.05, 4.69) is 5.32 Å². The first-order chi connectivity index (χ1) is 10.0. The highest BCUT2D eigenvalue weighted by Gasteiger charge is 2.21. The predicted molar refractivity (Wildman–Crippen MR) is 85.0 cm³/mol. The van der Waals surface area contributed by atoms with E-state index in [1.807, 2.05) is 0 Å². The first-order valence-electron chi connectivity index (χ1n) is 6.16. The van der Waals surface area contributed by atoms with Gasteiger partial charge in [0.05, 0.1) is 7.11 Å². The van der Waals surface area contributed by atoms with E-state index in [1.165, 1.54) is 0 Å². The molecule has 2 aromatic rings. The molecular formula is C15H14Cl2N2O2. The molecule has 1 amide bonds. The zero-order valence-corrected chi connectivity index (χ0v) is 12.8. The van der Waals surface area contributed by atoms with Crippen molar-refractivity contribution >= 4 is 34.8 Å². The van der Waals surface area contributed by atoms with E-state index in [4.69, 9.17) is 33.7 Å².